The summed E-state index contributed by atoms with van der Waals surface area (Å²) in [6, 6.07) is 31.6. The van der Waals surface area contributed by atoms with Crippen LogP contribution in [0.3, 0.4) is 0 Å². The molecule has 0 saturated carbocycles. The minimum atomic E-state index is -1.07. The van der Waals surface area contributed by atoms with Crippen LogP contribution >= 0.6 is 43.6 Å². The van der Waals surface area contributed by atoms with Gasteiger partial charge in [-0.05, 0) is 0 Å². The molecule has 6 heteroatoms. The first-order chi connectivity index (χ1) is 16.7. The number of fused-ring (bicyclic) bond motifs is 2. The molecule has 36 heavy (non-hydrogen) atoms. The molecular formula is C30H18Br2I2SZr. The standard InChI is InChI=1S/C15H8BrS.C15H10Br.2HI.Zr/c16-14-8-12-7-10-4-5-13(15(10)14)9-2-1-3-11(6-9)17-12;16-14-8-4-7-12-9-10-13(15(12)14)11-5-2-1-3-6-11;;;/h1-4,6-8,13H;1-9,13H;2*1H;/q;;;;+2/p-2. The Morgan fingerprint density at radius 2 is 1.25 bits per heavy atom. The predicted octanol–water partition coefficient (Wildman–Crippen LogP) is 3.44. The summed E-state index contributed by atoms with van der Waals surface area (Å²) in [6.07, 6.45) is 5.03. The molecule has 4 aromatic rings. The maximum absolute atomic E-state index is 3.95. The van der Waals surface area contributed by atoms with Crippen LogP contribution in [0.5, 0.6) is 0 Å². The Balaban J connectivity index is 0.00000133. The molecule has 4 aliphatic rings. The second-order valence-electron chi connectivity index (χ2n) is 8.93. The molecule has 2 aliphatic heterocycles. The average molecular weight is 915 g/mol. The third-order valence-electron chi connectivity index (χ3n) is 6.89. The van der Waals surface area contributed by atoms with Gasteiger partial charge in [0.2, 0.25) is 0 Å². The van der Waals surface area contributed by atoms with Crippen molar-refractivity contribution >= 4 is 55.8 Å². The Bertz CT molecular complexity index is 1550. The molecule has 0 fully saturated rings. The van der Waals surface area contributed by atoms with Gasteiger partial charge in [0, 0.05) is 0 Å². The second-order valence-corrected chi connectivity index (χ2v) is 15.2. The van der Waals surface area contributed by atoms with Gasteiger partial charge in [0.05, 0.1) is 0 Å². The van der Waals surface area contributed by atoms with E-state index in [1.54, 1.807) is 6.56 Å². The van der Waals surface area contributed by atoms with Crippen molar-refractivity contribution in [1.29, 1.82) is 0 Å². The van der Waals surface area contributed by atoms with Crippen molar-refractivity contribution in [1.82, 2.24) is 0 Å². The Morgan fingerprint density at radius 1 is 0.583 bits per heavy atom. The zero-order valence-electron chi connectivity index (χ0n) is 18.8. The van der Waals surface area contributed by atoms with E-state index in [0.717, 1.165) is 0 Å². The fraction of sp³-hybridized carbons (Fsp3) is 0.0667. The molecule has 0 amide bonds. The molecule has 4 aromatic carbocycles. The third kappa shape index (κ3) is 4.79. The topological polar surface area (TPSA) is 0 Å². The van der Waals surface area contributed by atoms with E-state index in [9.17, 15) is 0 Å². The van der Waals surface area contributed by atoms with Crippen molar-refractivity contribution in [3.63, 3.8) is 0 Å². The molecule has 176 valence electrons. The molecule has 2 heterocycles. The summed E-state index contributed by atoms with van der Waals surface area (Å²) in [7, 11) is 0. The molecule has 0 N–H and O–H groups in total. The van der Waals surface area contributed by atoms with E-state index in [2.05, 4.69) is 129 Å². The van der Waals surface area contributed by atoms with Gasteiger partial charge in [-0.1, -0.05) is 0 Å². The van der Waals surface area contributed by atoms with Gasteiger partial charge in [0.15, 0.2) is 0 Å². The number of allylic oxidation sites excluding steroid dienone is 2. The van der Waals surface area contributed by atoms with Crippen LogP contribution in [0, 0.1) is 0 Å². The van der Waals surface area contributed by atoms with Crippen LogP contribution in [0.1, 0.15) is 45.2 Å². The first-order valence-corrected chi connectivity index (χ1v) is 16.2. The quantitative estimate of drug-likeness (QED) is 0.285. The van der Waals surface area contributed by atoms with E-state index in [4.69, 9.17) is 0 Å². The van der Waals surface area contributed by atoms with Crippen LogP contribution in [0.15, 0.2) is 110 Å². The zero-order valence-corrected chi connectivity index (χ0v) is 29.6. The van der Waals surface area contributed by atoms with Crippen LogP contribution in [-0.2, 0) is 23.2 Å². The first kappa shape index (κ1) is 27.6. The van der Waals surface area contributed by atoms with Crippen LogP contribution in [0.4, 0.5) is 0 Å². The average Bonchev–Trinajstić information content (AvgIpc) is 3.40. The summed E-state index contributed by atoms with van der Waals surface area (Å²) in [5.41, 5.74) is 8.48. The smallest absolute Gasteiger partial charge is 1.00 e. The van der Waals surface area contributed by atoms with E-state index < -0.39 is 23.2 Å². The van der Waals surface area contributed by atoms with Gasteiger partial charge in [0.25, 0.3) is 0 Å². The monoisotopic (exact) mass is 912 g/mol. The van der Waals surface area contributed by atoms with E-state index in [1.165, 1.54) is 52.1 Å². The fourth-order valence-corrected chi connectivity index (χ4v) is 12.1. The van der Waals surface area contributed by atoms with Gasteiger partial charge in [-0.3, -0.25) is 0 Å². The molecule has 2 atom stereocenters. The molecule has 8 rings (SSSR count). The minimum Gasteiger partial charge on any atom is -1.00 e. The molecule has 0 saturated heterocycles. The Kier molecular flexibility index (Phi) is 8.61. The third-order valence-corrected chi connectivity index (χ3v) is 12.7. The van der Waals surface area contributed by atoms with Crippen molar-refractivity contribution in [2.75, 3.05) is 0 Å². The normalized spacial score (nSPS) is 17.9. The summed E-state index contributed by atoms with van der Waals surface area (Å²) in [5.74, 6) is 0.700. The number of hydrogen-bond donors (Lipinski definition) is 0. The van der Waals surface area contributed by atoms with Gasteiger partial charge in [-0.15, -0.1) is 0 Å². The summed E-state index contributed by atoms with van der Waals surface area (Å²) >= 11 is 8.63. The number of hydrogen-bond acceptors (Lipinski definition) is 1. The van der Waals surface area contributed by atoms with Crippen LogP contribution in [-0.4, -0.2) is 0 Å². The van der Waals surface area contributed by atoms with E-state index in [0.29, 0.717) is 11.8 Å². The van der Waals surface area contributed by atoms with Crippen molar-refractivity contribution < 1.29 is 71.2 Å². The maximum Gasteiger partial charge on any atom is -1.00 e. The van der Waals surface area contributed by atoms with Crippen molar-refractivity contribution in [2.24, 2.45) is 0 Å². The largest absolute Gasteiger partial charge is 1.00 e. The molecule has 2 unspecified atom stereocenters. The van der Waals surface area contributed by atoms with Crippen LogP contribution in [0.25, 0.3) is 12.2 Å². The first-order valence-electron chi connectivity index (χ1n) is 11.3. The SMILES string of the molecule is Brc1cccc2c1C(c1ccccc1)[C]([Zr+2][C]1=Cc3cc4cc(Br)c3C1c1cccc(c1)S4)=C2.[I-].[I-]. The maximum atomic E-state index is 3.95. The van der Waals surface area contributed by atoms with Gasteiger partial charge < -0.3 is 48.0 Å². The molecule has 6 bridgehead atoms. The molecule has 0 radical (unpaired) electrons. The number of benzene rings is 4. The molecule has 0 spiro atoms. The predicted molar refractivity (Wildman–Crippen MR) is 145 cm³/mol. The molecular weight excluding hydrogens is 897 g/mol. The molecule has 0 nitrogen and oxygen atoms in total. The van der Waals surface area contributed by atoms with Gasteiger partial charge in [-0.25, -0.2) is 0 Å². The van der Waals surface area contributed by atoms with Gasteiger partial charge in [0.1, 0.15) is 0 Å². The minimum absolute atomic E-state index is 0. The summed E-state index contributed by atoms with van der Waals surface area (Å²) in [6.45, 7) is 0. The van der Waals surface area contributed by atoms with Crippen molar-refractivity contribution in [3.05, 3.63) is 134 Å². The number of rotatable bonds is 3. The van der Waals surface area contributed by atoms with Gasteiger partial charge in [-0.2, -0.15) is 0 Å². The van der Waals surface area contributed by atoms with Crippen molar-refractivity contribution in [3.8, 4) is 0 Å². The van der Waals surface area contributed by atoms with E-state index in [-0.39, 0.29) is 48.0 Å². The van der Waals surface area contributed by atoms with E-state index in [1.807, 2.05) is 11.8 Å². The Hall–Kier alpha value is 0.0131. The van der Waals surface area contributed by atoms with E-state index >= 15 is 0 Å². The van der Waals surface area contributed by atoms with Crippen LogP contribution in [0.2, 0.25) is 0 Å². The zero-order chi connectivity index (χ0) is 22.8. The number of halogens is 4. The summed E-state index contributed by atoms with van der Waals surface area (Å²) in [4.78, 5) is 2.64. The summed E-state index contributed by atoms with van der Waals surface area (Å²) < 4.78 is 5.75. The second kappa shape index (κ2) is 11.2. The Labute approximate surface area is 278 Å². The van der Waals surface area contributed by atoms with Crippen LogP contribution < -0.4 is 48.0 Å². The molecule has 0 aromatic heterocycles. The Morgan fingerprint density at radius 3 is 2.06 bits per heavy atom. The summed E-state index contributed by atoms with van der Waals surface area (Å²) in [5, 5.41) is 0. The molecule has 2 aliphatic carbocycles. The van der Waals surface area contributed by atoms with Crippen molar-refractivity contribution in [2.45, 2.75) is 21.6 Å². The fourth-order valence-electron chi connectivity index (χ4n) is 5.51. The van der Waals surface area contributed by atoms with Gasteiger partial charge >= 0.3 is 234 Å².